The first-order valence-corrected chi connectivity index (χ1v) is 13.4. The minimum atomic E-state index is -2.12. The SMILES string of the molecule is COc1cc(C2CCN(CCO)CC2)ccc1Nc1ncc(Cl)c(Nc2ccccc2CNS(=O)O)n1. The van der Waals surface area contributed by atoms with Crippen molar-refractivity contribution in [1.29, 1.82) is 0 Å². The quantitative estimate of drug-likeness (QED) is 0.226. The zero-order chi connectivity index (χ0) is 26.2. The van der Waals surface area contributed by atoms with Crippen LogP contribution in [0.1, 0.15) is 29.9 Å². The minimum absolute atomic E-state index is 0.185. The zero-order valence-electron chi connectivity index (χ0n) is 20.5. The predicted octanol–water partition coefficient (Wildman–Crippen LogP) is 4.02. The van der Waals surface area contributed by atoms with Gasteiger partial charge in [0, 0.05) is 18.8 Å². The van der Waals surface area contributed by atoms with Gasteiger partial charge in [-0.2, -0.15) is 4.98 Å². The third-order valence-electron chi connectivity index (χ3n) is 6.35. The maximum atomic E-state index is 11.0. The Hall–Kier alpha value is -2.80. The van der Waals surface area contributed by atoms with E-state index in [-0.39, 0.29) is 13.2 Å². The van der Waals surface area contributed by atoms with Crippen LogP contribution in [0.3, 0.4) is 0 Å². The Morgan fingerprint density at radius 2 is 1.95 bits per heavy atom. The van der Waals surface area contributed by atoms with Crippen LogP contribution in [0.5, 0.6) is 5.75 Å². The molecular weight excluding hydrogens is 516 g/mol. The Labute approximate surface area is 223 Å². The van der Waals surface area contributed by atoms with Crippen LogP contribution < -0.4 is 20.1 Å². The molecule has 12 heteroatoms. The van der Waals surface area contributed by atoms with E-state index >= 15 is 0 Å². The monoisotopic (exact) mass is 546 g/mol. The Morgan fingerprint density at radius 1 is 1.16 bits per heavy atom. The summed E-state index contributed by atoms with van der Waals surface area (Å²) in [5.74, 6) is 1.86. The first kappa shape index (κ1) is 27.2. The molecular formula is C25H31ClN6O4S. The Bertz CT molecular complexity index is 1230. The topological polar surface area (TPSA) is 132 Å². The van der Waals surface area contributed by atoms with Crippen LogP contribution in [0.2, 0.25) is 5.02 Å². The van der Waals surface area contributed by atoms with E-state index < -0.39 is 11.3 Å². The van der Waals surface area contributed by atoms with E-state index in [1.807, 2.05) is 30.3 Å². The van der Waals surface area contributed by atoms with Gasteiger partial charge in [0.25, 0.3) is 0 Å². The van der Waals surface area contributed by atoms with Gasteiger partial charge < -0.3 is 25.4 Å². The van der Waals surface area contributed by atoms with Crippen molar-refractivity contribution in [1.82, 2.24) is 19.6 Å². The van der Waals surface area contributed by atoms with Crippen molar-refractivity contribution < 1.29 is 18.6 Å². The van der Waals surface area contributed by atoms with Crippen LogP contribution in [-0.2, 0) is 17.8 Å². The number of nitrogens with zero attached hydrogens (tertiary/aromatic N) is 3. The smallest absolute Gasteiger partial charge is 0.232 e. The van der Waals surface area contributed by atoms with E-state index in [4.69, 9.17) is 20.9 Å². The predicted molar refractivity (Wildman–Crippen MR) is 146 cm³/mol. The summed E-state index contributed by atoms with van der Waals surface area (Å²) in [4.78, 5) is 11.1. The van der Waals surface area contributed by atoms with Gasteiger partial charge in [-0.05, 0) is 61.2 Å². The number of aliphatic hydroxyl groups excluding tert-OH is 1. The van der Waals surface area contributed by atoms with Gasteiger partial charge in [-0.3, -0.25) is 4.55 Å². The lowest BCUT2D eigenvalue weighted by Gasteiger charge is -2.31. The fraction of sp³-hybridized carbons (Fsp3) is 0.360. The first-order valence-electron chi connectivity index (χ1n) is 12.0. The summed E-state index contributed by atoms with van der Waals surface area (Å²) in [6.07, 6.45) is 3.58. The fourth-order valence-corrected chi connectivity index (χ4v) is 4.81. The number of piperidine rings is 1. The van der Waals surface area contributed by atoms with E-state index in [0.29, 0.717) is 34.1 Å². The molecule has 0 spiro atoms. The average Bonchev–Trinajstić information content (AvgIpc) is 2.91. The molecule has 1 atom stereocenters. The van der Waals surface area contributed by atoms with Gasteiger partial charge in [-0.25, -0.2) is 13.9 Å². The number of halogens is 1. The number of para-hydroxylation sites is 1. The molecule has 1 saturated heterocycles. The van der Waals surface area contributed by atoms with Crippen LogP contribution in [0, 0.1) is 0 Å². The normalized spacial score (nSPS) is 15.4. The molecule has 3 aromatic rings. The van der Waals surface area contributed by atoms with E-state index in [9.17, 15) is 9.32 Å². The Kier molecular flexibility index (Phi) is 9.67. The van der Waals surface area contributed by atoms with Crippen molar-refractivity contribution in [2.24, 2.45) is 0 Å². The maximum Gasteiger partial charge on any atom is 0.232 e. The lowest BCUT2D eigenvalue weighted by Crippen LogP contribution is -2.34. The summed E-state index contributed by atoms with van der Waals surface area (Å²) in [5, 5.41) is 15.9. The van der Waals surface area contributed by atoms with Gasteiger partial charge in [-0.15, -0.1) is 0 Å². The molecule has 198 valence electrons. The van der Waals surface area contributed by atoms with Crippen LogP contribution in [-0.4, -0.2) is 62.1 Å². The number of aliphatic hydroxyl groups is 1. The number of nitrogens with one attached hydrogen (secondary N) is 3. The number of rotatable bonds is 11. The lowest BCUT2D eigenvalue weighted by molar-refractivity contribution is 0.164. The lowest BCUT2D eigenvalue weighted by atomic mass is 9.89. The third-order valence-corrected chi connectivity index (χ3v) is 7.02. The number of β-amino-alcohol motifs (C(OH)–C–C–N with tert-alkyl or cyclic N) is 1. The van der Waals surface area contributed by atoms with E-state index in [1.54, 1.807) is 7.11 Å². The average molecular weight is 547 g/mol. The highest BCUT2D eigenvalue weighted by atomic mass is 35.5. The molecule has 1 aliphatic heterocycles. The summed E-state index contributed by atoms with van der Waals surface area (Å²) in [6.45, 7) is 3.05. The van der Waals surface area contributed by atoms with Gasteiger partial charge in [0.15, 0.2) is 5.82 Å². The van der Waals surface area contributed by atoms with Gasteiger partial charge in [-0.1, -0.05) is 35.9 Å². The highest BCUT2D eigenvalue weighted by Crippen LogP contribution is 2.35. The molecule has 5 N–H and O–H groups in total. The van der Waals surface area contributed by atoms with Gasteiger partial charge >= 0.3 is 0 Å². The molecule has 2 heterocycles. The van der Waals surface area contributed by atoms with Crippen molar-refractivity contribution in [3.8, 4) is 5.75 Å². The van der Waals surface area contributed by atoms with Crippen molar-refractivity contribution >= 4 is 46.0 Å². The standard InChI is InChI=1S/C25H31ClN6O4S/c1-36-23-14-18(17-8-10-32(11-9-17)12-13-33)6-7-22(23)30-25-27-16-20(26)24(31-25)29-21-5-3-2-4-19(21)15-28-37(34)35/h2-7,14,16-17,28,33H,8-13,15H2,1H3,(H,34,35)(H2,27,29,30,31). The number of hydrogen-bond acceptors (Lipinski definition) is 8. The Balaban J connectivity index is 1.48. The molecule has 1 unspecified atom stereocenters. The Morgan fingerprint density at radius 3 is 2.68 bits per heavy atom. The molecule has 4 rings (SSSR count). The minimum Gasteiger partial charge on any atom is -0.495 e. The molecule has 1 aromatic heterocycles. The molecule has 0 saturated carbocycles. The molecule has 0 amide bonds. The molecule has 2 aromatic carbocycles. The summed E-state index contributed by atoms with van der Waals surface area (Å²) in [6, 6.07) is 13.5. The molecule has 0 radical (unpaired) electrons. The number of hydrogen-bond donors (Lipinski definition) is 5. The molecule has 1 aliphatic rings. The molecule has 1 fully saturated rings. The number of methoxy groups -OCH3 is 1. The zero-order valence-corrected chi connectivity index (χ0v) is 22.1. The summed E-state index contributed by atoms with van der Waals surface area (Å²) in [5.41, 5.74) is 3.42. The van der Waals surface area contributed by atoms with E-state index in [0.717, 1.165) is 43.7 Å². The molecule has 0 aliphatic carbocycles. The molecule has 37 heavy (non-hydrogen) atoms. The van der Waals surface area contributed by atoms with Crippen molar-refractivity contribution in [2.45, 2.75) is 25.3 Å². The highest BCUT2D eigenvalue weighted by molar-refractivity contribution is 7.77. The second-order valence-corrected chi connectivity index (χ2v) is 9.86. The number of aromatic nitrogens is 2. The summed E-state index contributed by atoms with van der Waals surface area (Å²) >= 11 is 4.24. The highest BCUT2D eigenvalue weighted by Gasteiger charge is 2.21. The largest absolute Gasteiger partial charge is 0.495 e. The number of benzene rings is 2. The van der Waals surface area contributed by atoms with Crippen LogP contribution in [0.25, 0.3) is 0 Å². The first-order chi connectivity index (χ1) is 18.0. The van der Waals surface area contributed by atoms with E-state index in [2.05, 4.69) is 42.4 Å². The van der Waals surface area contributed by atoms with Crippen molar-refractivity contribution in [2.75, 3.05) is 44.0 Å². The van der Waals surface area contributed by atoms with Gasteiger partial charge in [0.1, 0.15) is 10.8 Å². The second-order valence-electron chi connectivity index (χ2n) is 8.67. The summed E-state index contributed by atoms with van der Waals surface area (Å²) < 4.78 is 28.2. The molecule has 10 nitrogen and oxygen atoms in total. The van der Waals surface area contributed by atoms with Gasteiger partial charge in [0.05, 0.1) is 25.6 Å². The van der Waals surface area contributed by atoms with E-state index in [1.165, 1.54) is 11.8 Å². The van der Waals surface area contributed by atoms with Crippen molar-refractivity contribution in [3.05, 3.63) is 64.8 Å². The summed E-state index contributed by atoms with van der Waals surface area (Å²) in [7, 11) is 1.63. The maximum absolute atomic E-state index is 11.0. The number of ether oxygens (including phenoxy) is 1. The van der Waals surface area contributed by atoms with Crippen LogP contribution in [0.15, 0.2) is 48.7 Å². The van der Waals surface area contributed by atoms with Crippen LogP contribution in [0.4, 0.5) is 23.1 Å². The second kappa shape index (κ2) is 13.1. The number of likely N-dealkylation sites (tertiary alicyclic amines) is 1. The van der Waals surface area contributed by atoms with Gasteiger partial charge in [0.2, 0.25) is 17.2 Å². The third kappa shape index (κ3) is 7.37. The fourth-order valence-electron chi connectivity index (χ4n) is 4.40. The molecule has 0 bridgehead atoms. The number of anilines is 4. The van der Waals surface area contributed by atoms with Crippen molar-refractivity contribution in [3.63, 3.8) is 0 Å². The van der Waals surface area contributed by atoms with Crippen LogP contribution >= 0.6 is 11.6 Å².